The minimum Gasteiger partial charge on any atom is -0.488 e. The fourth-order valence-corrected chi connectivity index (χ4v) is 2.38. The van der Waals surface area contributed by atoms with E-state index in [4.69, 9.17) is 4.74 Å². The zero-order chi connectivity index (χ0) is 13.1. The zero-order valence-corrected chi connectivity index (χ0v) is 12.5. The Kier molecular flexibility index (Phi) is 4.07. The molecule has 0 heterocycles. The molecule has 2 aromatic rings. The van der Waals surface area contributed by atoms with Gasteiger partial charge in [0.1, 0.15) is 12.4 Å². The molecule has 0 saturated carbocycles. The van der Waals surface area contributed by atoms with Gasteiger partial charge in [-0.25, -0.2) is 0 Å². The van der Waals surface area contributed by atoms with E-state index in [1.54, 1.807) is 0 Å². The Balaban J connectivity index is 2.20. The Morgan fingerprint density at radius 3 is 2.33 bits per heavy atom. The molecule has 0 bridgehead atoms. The number of benzene rings is 2. The van der Waals surface area contributed by atoms with E-state index < -0.39 is 0 Å². The summed E-state index contributed by atoms with van der Waals surface area (Å²) < 4.78 is 6.95. The number of hydrogen-bond acceptors (Lipinski definition) is 1. The highest BCUT2D eigenvalue weighted by Crippen LogP contribution is 2.33. The minimum atomic E-state index is 0.599. The first-order chi connectivity index (χ1) is 8.59. The van der Waals surface area contributed by atoms with Crippen molar-refractivity contribution in [3.8, 4) is 5.75 Å². The molecule has 0 aliphatic rings. The third kappa shape index (κ3) is 2.75. The van der Waals surface area contributed by atoms with Crippen LogP contribution in [0.15, 0.2) is 40.9 Å². The Bertz CT molecular complexity index is 547. The van der Waals surface area contributed by atoms with Crippen LogP contribution in [0.2, 0.25) is 0 Å². The van der Waals surface area contributed by atoms with E-state index >= 15 is 0 Å². The largest absolute Gasteiger partial charge is 0.488 e. The Hall–Kier alpha value is -1.28. The van der Waals surface area contributed by atoms with Crippen molar-refractivity contribution < 1.29 is 4.74 Å². The lowest BCUT2D eigenvalue weighted by Crippen LogP contribution is -1.98. The number of ether oxygens (including phenoxy) is 1. The van der Waals surface area contributed by atoms with E-state index in [0.717, 1.165) is 10.2 Å². The van der Waals surface area contributed by atoms with Gasteiger partial charge in [-0.3, -0.25) is 0 Å². The van der Waals surface area contributed by atoms with Crippen LogP contribution in [0.25, 0.3) is 0 Å². The van der Waals surface area contributed by atoms with Crippen molar-refractivity contribution in [2.75, 3.05) is 0 Å². The van der Waals surface area contributed by atoms with Crippen LogP contribution < -0.4 is 4.74 Å². The van der Waals surface area contributed by atoms with Crippen LogP contribution in [-0.4, -0.2) is 0 Å². The van der Waals surface area contributed by atoms with Crippen LogP contribution in [0.5, 0.6) is 5.75 Å². The predicted octanol–water partition coefficient (Wildman–Crippen LogP) is 4.95. The maximum atomic E-state index is 5.89. The summed E-state index contributed by atoms with van der Waals surface area (Å²) in [6, 6.07) is 12.3. The predicted molar refractivity (Wildman–Crippen MR) is 79.1 cm³/mol. The van der Waals surface area contributed by atoms with Gasteiger partial charge in [-0.05, 0) is 65.0 Å². The summed E-state index contributed by atoms with van der Waals surface area (Å²) in [6.45, 7) is 6.96. The monoisotopic (exact) mass is 304 g/mol. The lowest BCUT2D eigenvalue weighted by molar-refractivity contribution is 0.303. The molecule has 0 N–H and O–H groups in total. The summed E-state index contributed by atoms with van der Waals surface area (Å²) in [4.78, 5) is 0. The molecular formula is C16H17BrO. The maximum absolute atomic E-state index is 5.89. The third-order valence-electron chi connectivity index (χ3n) is 3.28. The molecule has 0 aromatic heterocycles. The minimum absolute atomic E-state index is 0.599. The summed E-state index contributed by atoms with van der Waals surface area (Å²) in [5, 5.41) is 0. The molecule has 0 radical (unpaired) electrons. The molecule has 0 unspecified atom stereocenters. The summed E-state index contributed by atoms with van der Waals surface area (Å²) in [7, 11) is 0. The third-order valence-corrected chi connectivity index (χ3v) is 4.27. The zero-order valence-electron chi connectivity index (χ0n) is 11.0. The SMILES string of the molecule is Cc1cc(OCc2ccccc2)c(Br)c(C)c1C. The molecule has 0 aliphatic carbocycles. The van der Waals surface area contributed by atoms with Crippen molar-refractivity contribution in [2.45, 2.75) is 27.4 Å². The average Bonchev–Trinajstić information content (AvgIpc) is 2.40. The second-order valence-electron chi connectivity index (χ2n) is 4.53. The van der Waals surface area contributed by atoms with Crippen molar-refractivity contribution >= 4 is 15.9 Å². The Labute approximate surface area is 117 Å². The van der Waals surface area contributed by atoms with E-state index in [9.17, 15) is 0 Å². The van der Waals surface area contributed by atoms with Crippen molar-refractivity contribution in [1.82, 2.24) is 0 Å². The van der Waals surface area contributed by atoms with Gasteiger partial charge in [0, 0.05) is 0 Å². The lowest BCUT2D eigenvalue weighted by atomic mass is 10.0. The van der Waals surface area contributed by atoms with Crippen LogP contribution in [0.4, 0.5) is 0 Å². The fraction of sp³-hybridized carbons (Fsp3) is 0.250. The molecule has 18 heavy (non-hydrogen) atoms. The molecule has 0 saturated heterocycles. The maximum Gasteiger partial charge on any atom is 0.134 e. The topological polar surface area (TPSA) is 9.23 Å². The number of aryl methyl sites for hydroxylation is 1. The molecule has 2 heteroatoms. The van der Waals surface area contributed by atoms with Crippen LogP contribution in [0, 0.1) is 20.8 Å². The van der Waals surface area contributed by atoms with Gasteiger partial charge in [-0.1, -0.05) is 30.3 Å². The van der Waals surface area contributed by atoms with Gasteiger partial charge in [0.2, 0.25) is 0 Å². The van der Waals surface area contributed by atoms with Gasteiger partial charge in [0.05, 0.1) is 4.47 Å². The first kappa shape index (κ1) is 13.2. The lowest BCUT2D eigenvalue weighted by Gasteiger charge is -2.14. The second kappa shape index (κ2) is 5.57. The summed E-state index contributed by atoms with van der Waals surface area (Å²) in [5.74, 6) is 0.916. The molecule has 0 atom stereocenters. The highest BCUT2D eigenvalue weighted by Gasteiger charge is 2.09. The Morgan fingerprint density at radius 1 is 1.00 bits per heavy atom. The van der Waals surface area contributed by atoms with Gasteiger partial charge in [0.25, 0.3) is 0 Å². The molecular weight excluding hydrogens is 288 g/mol. The highest BCUT2D eigenvalue weighted by molar-refractivity contribution is 9.10. The fourth-order valence-electron chi connectivity index (χ4n) is 1.85. The molecule has 1 nitrogen and oxygen atoms in total. The van der Waals surface area contributed by atoms with Gasteiger partial charge in [-0.15, -0.1) is 0 Å². The molecule has 94 valence electrons. The van der Waals surface area contributed by atoms with Crippen molar-refractivity contribution in [3.05, 3.63) is 63.1 Å². The quantitative estimate of drug-likeness (QED) is 0.779. The standard InChI is InChI=1S/C16H17BrO/c1-11-9-15(16(17)13(3)12(11)2)18-10-14-7-5-4-6-8-14/h4-9H,10H2,1-3H3. The highest BCUT2D eigenvalue weighted by atomic mass is 79.9. The van der Waals surface area contributed by atoms with Crippen LogP contribution in [0.1, 0.15) is 22.3 Å². The molecule has 2 rings (SSSR count). The van der Waals surface area contributed by atoms with Crippen LogP contribution in [-0.2, 0) is 6.61 Å². The number of hydrogen-bond donors (Lipinski definition) is 0. The average molecular weight is 305 g/mol. The second-order valence-corrected chi connectivity index (χ2v) is 5.32. The van der Waals surface area contributed by atoms with Gasteiger partial charge < -0.3 is 4.74 Å². The van der Waals surface area contributed by atoms with E-state index in [0.29, 0.717) is 6.61 Å². The van der Waals surface area contributed by atoms with Crippen molar-refractivity contribution in [1.29, 1.82) is 0 Å². The van der Waals surface area contributed by atoms with Crippen LogP contribution in [0.3, 0.4) is 0 Å². The molecule has 0 amide bonds. The first-order valence-electron chi connectivity index (χ1n) is 6.02. The number of rotatable bonds is 3. The van der Waals surface area contributed by atoms with Gasteiger partial charge in [-0.2, -0.15) is 0 Å². The van der Waals surface area contributed by atoms with E-state index in [1.165, 1.54) is 22.3 Å². The molecule has 0 fully saturated rings. The summed E-state index contributed by atoms with van der Waals surface area (Å²) in [5.41, 5.74) is 5.01. The molecule has 0 spiro atoms. The number of halogens is 1. The van der Waals surface area contributed by atoms with E-state index in [-0.39, 0.29) is 0 Å². The van der Waals surface area contributed by atoms with Gasteiger partial charge in [0.15, 0.2) is 0 Å². The van der Waals surface area contributed by atoms with Crippen molar-refractivity contribution in [3.63, 3.8) is 0 Å². The first-order valence-corrected chi connectivity index (χ1v) is 6.82. The smallest absolute Gasteiger partial charge is 0.134 e. The summed E-state index contributed by atoms with van der Waals surface area (Å²) in [6.07, 6.45) is 0. The van der Waals surface area contributed by atoms with Crippen molar-refractivity contribution in [2.24, 2.45) is 0 Å². The van der Waals surface area contributed by atoms with Crippen LogP contribution >= 0.6 is 15.9 Å². The normalized spacial score (nSPS) is 10.4. The summed E-state index contributed by atoms with van der Waals surface area (Å²) >= 11 is 3.61. The molecule has 2 aromatic carbocycles. The van der Waals surface area contributed by atoms with E-state index in [2.05, 4.69) is 54.9 Å². The van der Waals surface area contributed by atoms with E-state index in [1.807, 2.05) is 18.2 Å². The molecule has 0 aliphatic heterocycles. The van der Waals surface area contributed by atoms with Gasteiger partial charge >= 0.3 is 0 Å². The Morgan fingerprint density at radius 2 is 1.67 bits per heavy atom.